The van der Waals surface area contributed by atoms with E-state index in [1.54, 1.807) is 11.3 Å². The van der Waals surface area contributed by atoms with Gasteiger partial charge in [-0.1, -0.05) is 42.1 Å². The molecule has 3 heterocycles. The minimum Gasteiger partial charge on any atom is -0.494 e. The first-order valence-corrected chi connectivity index (χ1v) is 12.8. The van der Waals surface area contributed by atoms with Gasteiger partial charge in [0.15, 0.2) is 11.0 Å². The third-order valence-corrected chi connectivity index (χ3v) is 7.49. The van der Waals surface area contributed by atoms with E-state index >= 15 is 0 Å². The molecule has 1 aliphatic heterocycles. The number of hydrogen-bond acceptors (Lipinski definition) is 6. The van der Waals surface area contributed by atoms with Crippen molar-refractivity contribution in [2.75, 3.05) is 18.9 Å². The highest BCUT2D eigenvalue weighted by molar-refractivity contribution is 7.99. The Morgan fingerprint density at radius 1 is 1.09 bits per heavy atom. The minimum absolute atomic E-state index is 0.124. The second-order valence-electron chi connectivity index (χ2n) is 7.66. The number of nitrogens with zero attached hydrogens (tertiary/aromatic N) is 4. The largest absolute Gasteiger partial charge is 0.494 e. The molecule has 2 aromatic heterocycles. The zero-order valence-corrected chi connectivity index (χ0v) is 19.9. The monoisotopic (exact) mass is 476 g/mol. The van der Waals surface area contributed by atoms with Gasteiger partial charge in [0, 0.05) is 29.2 Å². The fourth-order valence-electron chi connectivity index (χ4n) is 3.91. The summed E-state index contributed by atoms with van der Waals surface area (Å²) in [6.07, 6.45) is 0.934. The van der Waals surface area contributed by atoms with E-state index in [0.717, 1.165) is 35.8 Å². The van der Waals surface area contributed by atoms with Crippen molar-refractivity contribution in [3.63, 3.8) is 0 Å². The summed E-state index contributed by atoms with van der Waals surface area (Å²) in [5, 5.41) is 11.7. The van der Waals surface area contributed by atoms with Crippen LogP contribution in [0.3, 0.4) is 0 Å². The Hall–Kier alpha value is -3.10. The number of aromatic nitrogens is 3. The lowest BCUT2D eigenvalue weighted by atomic mass is 10.1. The predicted octanol–water partition coefficient (Wildman–Crippen LogP) is 5.07. The van der Waals surface area contributed by atoms with Crippen molar-refractivity contribution in [1.29, 1.82) is 0 Å². The fraction of sp³-hybridized carbons (Fsp3) is 0.240. The van der Waals surface area contributed by atoms with Gasteiger partial charge in [0.05, 0.1) is 12.4 Å². The third-order valence-electron chi connectivity index (χ3n) is 5.56. The Bertz CT molecular complexity index is 1240. The van der Waals surface area contributed by atoms with Crippen LogP contribution in [0.4, 0.5) is 0 Å². The van der Waals surface area contributed by atoms with Gasteiger partial charge in [0.1, 0.15) is 5.75 Å². The fourth-order valence-corrected chi connectivity index (χ4v) is 5.65. The van der Waals surface area contributed by atoms with Gasteiger partial charge in [0.2, 0.25) is 5.91 Å². The molecule has 8 heteroatoms. The molecular formula is C25H24N4O2S2. The lowest BCUT2D eigenvalue weighted by molar-refractivity contribution is -0.129. The summed E-state index contributed by atoms with van der Waals surface area (Å²) < 4.78 is 7.60. The van der Waals surface area contributed by atoms with E-state index in [4.69, 9.17) is 4.74 Å². The molecule has 0 radical (unpaired) electrons. The van der Waals surface area contributed by atoms with Crippen LogP contribution in [0.2, 0.25) is 0 Å². The molecule has 4 aromatic rings. The van der Waals surface area contributed by atoms with Crippen LogP contribution < -0.4 is 4.74 Å². The van der Waals surface area contributed by atoms with E-state index in [1.165, 1.54) is 22.2 Å². The van der Waals surface area contributed by atoms with Crippen molar-refractivity contribution in [3.05, 3.63) is 76.5 Å². The van der Waals surface area contributed by atoms with Gasteiger partial charge in [-0.3, -0.25) is 9.36 Å². The molecule has 5 rings (SSSR count). The maximum Gasteiger partial charge on any atom is 0.233 e. The number of thioether (sulfide) groups is 1. The first-order valence-electron chi connectivity index (χ1n) is 10.9. The van der Waals surface area contributed by atoms with Crippen LogP contribution >= 0.6 is 23.1 Å². The number of thiophene rings is 1. The second kappa shape index (κ2) is 9.80. The molecule has 0 N–H and O–H groups in total. The van der Waals surface area contributed by atoms with Crippen LogP contribution in [0.25, 0.3) is 17.1 Å². The lowest BCUT2D eigenvalue weighted by Crippen LogP contribution is -2.36. The maximum atomic E-state index is 13.0. The molecule has 0 saturated carbocycles. The highest BCUT2D eigenvalue weighted by Crippen LogP contribution is 2.30. The summed E-state index contributed by atoms with van der Waals surface area (Å²) in [6, 6.07) is 20.0. The molecule has 1 amide bonds. The Kier molecular flexibility index (Phi) is 6.46. The standard InChI is InChI=1S/C25H24N4O2S2/c1-2-31-21-10-8-20(9-11-21)29-24(18-6-4-3-5-7-18)26-27-25(29)33-17-23(30)28-14-12-22-19(16-28)13-15-32-22/h3-11,13,15H,2,12,14,16-17H2,1H3. The van der Waals surface area contributed by atoms with Crippen LogP contribution in [-0.4, -0.2) is 44.5 Å². The summed E-state index contributed by atoms with van der Waals surface area (Å²) in [7, 11) is 0. The predicted molar refractivity (Wildman–Crippen MR) is 132 cm³/mol. The van der Waals surface area contributed by atoms with Gasteiger partial charge in [-0.2, -0.15) is 0 Å². The molecule has 0 spiro atoms. The van der Waals surface area contributed by atoms with E-state index in [-0.39, 0.29) is 5.91 Å². The molecule has 0 atom stereocenters. The molecule has 33 heavy (non-hydrogen) atoms. The number of amides is 1. The maximum absolute atomic E-state index is 13.0. The Labute approximate surface area is 201 Å². The van der Waals surface area contributed by atoms with Crippen LogP contribution in [-0.2, 0) is 17.8 Å². The highest BCUT2D eigenvalue weighted by Gasteiger charge is 2.23. The van der Waals surface area contributed by atoms with Crippen molar-refractivity contribution in [1.82, 2.24) is 19.7 Å². The quantitative estimate of drug-likeness (QED) is 0.349. The highest BCUT2D eigenvalue weighted by atomic mass is 32.2. The SMILES string of the molecule is CCOc1ccc(-n2c(SCC(=O)N3CCc4sccc4C3)nnc2-c2ccccc2)cc1. The summed E-state index contributed by atoms with van der Waals surface area (Å²) in [5.74, 6) is 2.01. The zero-order chi connectivity index (χ0) is 22.6. The van der Waals surface area contributed by atoms with Gasteiger partial charge in [-0.25, -0.2) is 0 Å². The van der Waals surface area contributed by atoms with Gasteiger partial charge < -0.3 is 9.64 Å². The average molecular weight is 477 g/mol. The van der Waals surface area contributed by atoms with Crippen molar-refractivity contribution >= 4 is 29.0 Å². The van der Waals surface area contributed by atoms with Crippen molar-refractivity contribution in [3.8, 4) is 22.8 Å². The van der Waals surface area contributed by atoms with Crippen LogP contribution in [0.1, 0.15) is 17.4 Å². The van der Waals surface area contributed by atoms with Crippen molar-refractivity contribution in [2.45, 2.75) is 25.0 Å². The van der Waals surface area contributed by atoms with Gasteiger partial charge in [0.25, 0.3) is 0 Å². The van der Waals surface area contributed by atoms with Gasteiger partial charge in [-0.15, -0.1) is 21.5 Å². The van der Waals surface area contributed by atoms with Gasteiger partial charge in [-0.05, 0) is 54.6 Å². The summed E-state index contributed by atoms with van der Waals surface area (Å²) in [4.78, 5) is 16.3. The average Bonchev–Trinajstić information content (AvgIpc) is 3.50. The number of carbonyl (C=O) groups excluding carboxylic acids is 1. The first-order chi connectivity index (χ1) is 16.2. The third kappa shape index (κ3) is 4.67. The molecule has 2 aromatic carbocycles. The Morgan fingerprint density at radius 2 is 1.91 bits per heavy atom. The number of fused-ring (bicyclic) bond motifs is 1. The summed E-state index contributed by atoms with van der Waals surface area (Å²) in [5.41, 5.74) is 3.17. The molecule has 0 fully saturated rings. The molecule has 168 valence electrons. The topological polar surface area (TPSA) is 60.2 Å². The number of ether oxygens (including phenoxy) is 1. The number of carbonyl (C=O) groups is 1. The van der Waals surface area contributed by atoms with E-state index in [9.17, 15) is 4.79 Å². The number of benzene rings is 2. The molecular weight excluding hydrogens is 452 g/mol. The van der Waals surface area contributed by atoms with Crippen LogP contribution in [0.5, 0.6) is 5.75 Å². The molecule has 0 unspecified atom stereocenters. The molecule has 0 bridgehead atoms. The van der Waals surface area contributed by atoms with E-state index in [0.29, 0.717) is 24.1 Å². The molecule has 1 aliphatic rings. The van der Waals surface area contributed by atoms with Crippen LogP contribution in [0.15, 0.2) is 71.2 Å². The summed E-state index contributed by atoms with van der Waals surface area (Å²) in [6.45, 7) is 4.05. The Balaban J connectivity index is 1.39. The van der Waals surface area contributed by atoms with Crippen molar-refractivity contribution < 1.29 is 9.53 Å². The zero-order valence-electron chi connectivity index (χ0n) is 18.3. The van der Waals surface area contributed by atoms with E-state index in [1.807, 2.05) is 71.0 Å². The van der Waals surface area contributed by atoms with Crippen molar-refractivity contribution in [2.24, 2.45) is 0 Å². The minimum atomic E-state index is 0.124. The molecule has 0 saturated heterocycles. The smallest absolute Gasteiger partial charge is 0.233 e. The van der Waals surface area contributed by atoms with E-state index in [2.05, 4.69) is 21.6 Å². The lowest BCUT2D eigenvalue weighted by Gasteiger charge is -2.26. The molecule has 0 aliphatic carbocycles. The van der Waals surface area contributed by atoms with E-state index < -0.39 is 0 Å². The van der Waals surface area contributed by atoms with Crippen LogP contribution in [0, 0.1) is 0 Å². The Morgan fingerprint density at radius 3 is 2.70 bits per heavy atom. The summed E-state index contributed by atoms with van der Waals surface area (Å²) >= 11 is 3.21. The number of hydrogen-bond donors (Lipinski definition) is 0. The first kappa shape index (κ1) is 21.7. The van der Waals surface area contributed by atoms with Gasteiger partial charge >= 0.3 is 0 Å². The second-order valence-corrected chi connectivity index (χ2v) is 9.60. The molecule has 6 nitrogen and oxygen atoms in total. The normalized spacial score (nSPS) is 13.1. The number of rotatable bonds is 7.